The molecule has 0 aliphatic carbocycles. The van der Waals surface area contributed by atoms with E-state index in [-0.39, 0.29) is 17.2 Å². The van der Waals surface area contributed by atoms with Gasteiger partial charge in [0.25, 0.3) is 11.6 Å². The summed E-state index contributed by atoms with van der Waals surface area (Å²) in [6.07, 6.45) is 0. The van der Waals surface area contributed by atoms with Gasteiger partial charge in [-0.1, -0.05) is 30.3 Å². The minimum Gasteiger partial charge on any atom is -0.451 e. The molecule has 5 aromatic rings. The van der Waals surface area contributed by atoms with Crippen LogP contribution >= 0.6 is 0 Å². The summed E-state index contributed by atoms with van der Waals surface area (Å²) < 4.78 is 11.4. The molecule has 32 heavy (non-hydrogen) atoms. The van der Waals surface area contributed by atoms with Crippen molar-refractivity contribution in [3.05, 3.63) is 101 Å². The monoisotopic (exact) mass is 425 g/mol. The van der Waals surface area contributed by atoms with Gasteiger partial charge in [0.15, 0.2) is 11.3 Å². The van der Waals surface area contributed by atoms with E-state index < -0.39 is 10.8 Å². The zero-order chi connectivity index (χ0) is 22.1. The topological polar surface area (TPSA) is 111 Å². The molecule has 2 aromatic heterocycles. The molecule has 2 heterocycles. The largest absolute Gasteiger partial charge is 0.451 e. The molecular formula is C24H15N3O5. The lowest BCUT2D eigenvalue weighted by Crippen LogP contribution is -2.10. The number of nitro groups is 1. The third-order valence-corrected chi connectivity index (χ3v) is 4.86. The molecule has 8 heteroatoms. The summed E-state index contributed by atoms with van der Waals surface area (Å²) in [6.45, 7) is 0. The van der Waals surface area contributed by atoms with Crippen LogP contribution in [0.1, 0.15) is 10.6 Å². The van der Waals surface area contributed by atoms with Gasteiger partial charge in [0.1, 0.15) is 11.3 Å². The highest BCUT2D eigenvalue weighted by atomic mass is 16.6. The summed E-state index contributed by atoms with van der Waals surface area (Å²) in [7, 11) is 0. The number of carbonyl (C=O) groups is 1. The minimum atomic E-state index is -0.491. The minimum absolute atomic E-state index is 0.0328. The van der Waals surface area contributed by atoms with Gasteiger partial charge in [0, 0.05) is 17.3 Å². The second-order valence-corrected chi connectivity index (χ2v) is 6.96. The van der Waals surface area contributed by atoms with Gasteiger partial charge in [-0.2, -0.15) is 0 Å². The van der Waals surface area contributed by atoms with E-state index in [4.69, 9.17) is 8.83 Å². The average Bonchev–Trinajstić information content (AvgIpc) is 3.47. The maximum absolute atomic E-state index is 12.7. The first kappa shape index (κ1) is 19.3. The van der Waals surface area contributed by atoms with Gasteiger partial charge in [-0.25, -0.2) is 4.98 Å². The number of hydrogen-bond acceptors (Lipinski definition) is 6. The van der Waals surface area contributed by atoms with Gasteiger partial charge in [-0.05, 0) is 48.5 Å². The number of furan rings is 1. The Bertz CT molecular complexity index is 1430. The van der Waals surface area contributed by atoms with Crippen molar-refractivity contribution in [3.63, 3.8) is 0 Å². The van der Waals surface area contributed by atoms with Crippen LogP contribution in [0.5, 0.6) is 0 Å². The molecule has 0 aliphatic heterocycles. The van der Waals surface area contributed by atoms with E-state index in [1.54, 1.807) is 36.4 Å². The van der Waals surface area contributed by atoms with Crippen molar-refractivity contribution in [1.82, 2.24) is 4.98 Å². The summed E-state index contributed by atoms with van der Waals surface area (Å²) in [5, 5.41) is 14.0. The maximum Gasteiger partial charge on any atom is 0.291 e. The molecule has 0 bridgehead atoms. The molecule has 156 valence electrons. The van der Waals surface area contributed by atoms with Gasteiger partial charge < -0.3 is 14.2 Å². The van der Waals surface area contributed by atoms with Crippen molar-refractivity contribution in [2.75, 3.05) is 5.32 Å². The molecule has 0 spiro atoms. The number of para-hydroxylation sites is 3. The van der Waals surface area contributed by atoms with Crippen molar-refractivity contribution in [2.24, 2.45) is 0 Å². The highest BCUT2D eigenvalue weighted by Crippen LogP contribution is 2.31. The quantitative estimate of drug-likeness (QED) is 0.276. The fourth-order valence-electron chi connectivity index (χ4n) is 3.36. The van der Waals surface area contributed by atoms with Gasteiger partial charge in [-0.3, -0.25) is 14.9 Å². The van der Waals surface area contributed by atoms with E-state index in [2.05, 4.69) is 10.3 Å². The van der Waals surface area contributed by atoms with Crippen LogP contribution in [-0.4, -0.2) is 15.8 Å². The zero-order valence-electron chi connectivity index (χ0n) is 16.5. The molecule has 3 aromatic carbocycles. The summed E-state index contributed by atoms with van der Waals surface area (Å²) in [5.74, 6) is 0.233. The molecule has 0 radical (unpaired) electrons. The van der Waals surface area contributed by atoms with Crippen molar-refractivity contribution in [2.45, 2.75) is 0 Å². The van der Waals surface area contributed by atoms with Crippen LogP contribution in [0.25, 0.3) is 33.9 Å². The number of nitrogens with one attached hydrogen (secondary N) is 1. The van der Waals surface area contributed by atoms with Crippen LogP contribution < -0.4 is 5.32 Å². The molecule has 0 fully saturated rings. The van der Waals surface area contributed by atoms with Crippen LogP contribution in [-0.2, 0) is 0 Å². The second kappa shape index (κ2) is 7.84. The van der Waals surface area contributed by atoms with E-state index in [0.29, 0.717) is 28.3 Å². The van der Waals surface area contributed by atoms with Crippen molar-refractivity contribution in [3.8, 4) is 22.8 Å². The smallest absolute Gasteiger partial charge is 0.291 e. The van der Waals surface area contributed by atoms with E-state index in [1.165, 1.54) is 18.2 Å². The number of oxazole rings is 1. The van der Waals surface area contributed by atoms with Crippen LogP contribution in [0.15, 0.2) is 93.8 Å². The summed E-state index contributed by atoms with van der Waals surface area (Å²) >= 11 is 0. The predicted octanol–water partition coefficient (Wildman–Crippen LogP) is 5.92. The number of anilines is 1. The number of rotatable bonds is 5. The Labute approximate surface area is 181 Å². The van der Waals surface area contributed by atoms with Gasteiger partial charge in [0.2, 0.25) is 5.89 Å². The average molecular weight is 425 g/mol. The third kappa shape index (κ3) is 3.61. The van der Waals surface area contributed by atoms with Gasteiger partial charge in [0.05, 0.1) is 10.5 Å². The Balaban J connectivity index is 1.38. The van der Waals surface area contributed by atoms with Crippen LogP contribution in [0, 0.1) is 10.1 Å². The number of hydrogen-bond donors (Lipinski definition) is 1. The molecule has 5 rings (SSSR count). The zero-order valence-corrected chi connectivity index (χ0v) is 16.5. The Morgan fingerprint density at radius 3 is 2.56 bits per heavy atom. The summed E-state index contributed by atoms with van der Waals surface area (Å²) in [6, 6.07) is 23.7. The van der Waals surface area contributed by atoms with Crippen molar-refractivity contribution < 1.29 is 18.6 Å². The highest BCUT2D eigenvalue weighted by molar-refractivity contribution is 6.03. The Kier molecular flexibility index (Phi) is 4.72. The molecule has 0 atom stereocenters. The molecule has 0 saturated heterocycles. The fraction of sp³-hybridized carbons (Fsp3) is 0. The fourth-order valence-corrected chi connectivity index (χ4v) is 3.36. The van der Waals surface area contributed by atoms with Crippen LogP contribution in [0.4, 0.5) is 11.4 Å². The number of aromatic nitrogens is 1. The van der Waals surface area contributed by atoms with Crippen LogP contribution in [0.2, 0.25) is 0 Å². The Morgan fingerprint density at radius 1 is 0.906 bits per heavy atom. The molecule has 1 amide bonds. The number of fused-ring (bicyclic) bond motifs is 1. The maximum atomic E-state index is 12.7. The molecule has 0 unspecified atom stereocenters. The second-order valence-electron chi connectivity index (χ2n) is 6.96. The third-order valence-electron chi connectivity index (χ3n) is 4.86. The Morgan fingerprint density at radius 2 is 1.72 bits per heavy atom. The summed E-state index contributed by atoms with van der Waals surface area (Å²) in [4.78, 5) is 27.9. The lowest BCUT2D eigenvalue weighted by Gasteiger charge is -2.05. The predicted molar refractivity (Wildman–Crippen MR) is 118 cm³/mol. The molecule has 1 N–H and O–H groups in total. The molecule has 0 aliphatic rings. The molecule has 8 nitrogen and oxygen atoms in total. The first-order valence-corrected chi connectivity index (χ1v) is 9.69. The molecule has 0 saturated carbocycles. The SMILES string of the molecule is O=C(Nc1cccc(-c2nc3ccccc3o2)c1)c1ccc(-c2ccccc2[N+](=O)[O-])o1. The number of nitrogens with zero attached hydrogens (tertiary/aromatic N) is 2. The lowest BCUT2D eigenvalue weighted by atomic mass is 10.1. The summed E-state index contributed by atoms with van der Waals surface area (Å²) in [5.41, 5.74) is 2.86. The number of nitro benzene ring substituents is 1. The highest BCUT2D eigenvalue weighted by Gasteiger charge is 2.19. The van der Waals surface area contributed by atoms with Gasteiger partial charge >= 0.3 is 0 Å². The van der Waals surface area contributed by atoms with E-state index in [9.17, 15) is 14.9 Å². The lowest BCUT2D eigenvalue weighted by molar-refractivity contribution is -0.384. The standard InChI is InChI=1S/C24H15N3O5/c28-23(22-13-12-20(31-22)17-8-1-3-10-19(17)27(29)30)25-16-7-5-6-15(14-16)24-26-18-9-2-4-11-21(18)32-24/h1-14H,(H,25,28). The van der Waals surface area contributed by atoms with E-state index in [1.807, 2.05) is 30.3 Å². The number of carbonyl (C=O) groups excluding carboxylic acids is 1. The van der Waals surface area contributed by atoms with Crippen LogP contribution in [0.3, 0.4) is 0 Å². The number of benzene rings is 3. The molecular weight excluding hydrogens is 410 g/mol. The van der Waals surface area contributed by atoms with Crippen molar-refractivity contribution in [1.29, 1.82) is 0 Å². The van der Waals surface area contributed by atoms with Gasteiger partial charge in [-0.15, -0.1) is 0 Å². The Hall–Kier alpha value is -4.72. The first-order chi connectivity index (χ1) is 15.6. The number of amides is 1. The van der Waals surface area contributed by atoms with E-state index >= 15 is 0 Å². The first-order valence-electron chi connectivity index (χ1n) is 9.69. The van der Waals surface area contributed by atoms with Crippen molar-refractivity contribution >= 4 is 28.4 Å². The van der Waals surface area contributed by atoms with E-state index in [0.717, 1.165) is 5.52 Å². The normalized spacial score (nSPS) is 10.9.